The van der Waals surface area contributed by atoms with Gasteiger partial charge in [-0.15, -0.1) is 0 Å². The Bertz CT molecular complexity index is 350. The standard InChI is InChI=1S/C16H27NO4/c18-15(5-10-20-14-3-8-19-9-4-14)17-13-2-11-21-16(12-13)6-1-7-16/h13-14H,1-12H2,(H,17,18). The van der Waals surface area contributed by atoms with E-state index in [1.807, 2.05) is 0 Å². The van der Waals surface area contributed by atoms with Crippen molar-refractivity contribution in [1.82, 2.24) is 5.32 Å². The molecule has 0 bridgehead atoms. The number of amides is 1. The molecule has 21 heavy (non-hydrogen) atoms. The molecule has 3 fully saturated rings. The van der Waals surface area contributed by atoms with Crippen LogP contribution in [0.2, 0.25) is 0 Å². The molecule has 120 valence electrons. The van der Waals surface area contributed by atoms with Crippen LogP contribution in [0.3, 0.4) is 0 Å². The Kier molecular flexibility index (Phi) is 5.14. The Hall–Kier alpha value is -0.650. The summed E-state index contributed by atoms with van der Waals surface area (Å²) in [4.78, 5) is 12.0. The first-order valence-electron chi connectivity index (χ1n) is 8.38. The summed E-state index contributed by atoms with van der Waals surface area (Å²) in [6.07, 6.45) is 8.13. The van der Waals surface area contributed by atoms with Gasteiger partial charge in [-0.05, 0) is 44.9 Å². The number of carbonyl (C=O) groups is 1. The maximum atomic E-state index is 12.0. The van der Waals surface area contributed by atoms with Gasteiger partial charge in [-0.1, -0.05) is 0 Å². The fourth-order valence-corrected chi connectivity index (χ4v) is 3.53. The summed E-state index contributed by atoms with van der Waals surface area (Å²) in [5, 5.41) is 3.16. The highest BCUT2D eigenvalue weighted by Crippen LogP contribution is 2.42. The Morgan fingerprint density at radius 1 is 1.19 bits per heavy atom. The molecule has 2 saturated heterocycles. The van der Waals surface area contributed by atoms with Gasteiger partial charge in [0.1, 0.15) is 0 Å². The molecule has 1 amide bonds. The molecule has 5 heteroatoms. The van der Waals surface area contributed by atoms with Gasteiger partial charge in [0.25, 0.3) is 0 Å². The van der Waals surface area contributed by atoms with Crippen LogP contribution in [0.1, 0.15) is 51.4 Å². The third kappa shape index (κ3) is 4.18. The normalized spacial score (nSPS) is 29.0. The van der Waals surface area contributed by atoms with E-state index in [1.165, 1.54) is 6.42 Å². The lowest BCUT2D eigenvalue weighted by atomic mass is 9.74. The second-order valence-corrected chi connectivity index (χ2v) is 6.57. The summed E-state index contributed by atoms with van der Waals surface area (Å²) in [7, 11) is 0. The van der Waals surface area contributed by atoms with Crippen LogP contribution in [-0.4, -0.2) is 50.1 Å². The van der Waals surface area contributed by atoms with Crippen molar-refractivity contribution in [1.29, 1.82) is 0 Å². The third-order valence-electron chi connectivity index (χ3n) is 4.97. The summed E-state index contributed by atoms with van der Waals surface area (Å²) >= 11 is 0. The third-order valence-corrected chi connectivity index (χ3v) is 4.97. The number of carbonyl (C=O) groups excluding carboxylic acids is 1. The van der Waals surface area contributed by atoms with E-state index in [0.717, 1.165) is 58.3 Å². The number of hydrogen-bond acceptors (Lipinski definition) is 4. The van der Waals surface area contributed by atoms with Crippen molar-refractivity contribution in [2.24, 2.45) is 0 Å². The lowest BCUT2D eigenvalue weighted by molar-refractivity contribution is -0.141. The van der Waals surface area contributed by atoms with Crippen molar-refractivity contribution < 1.29 is 19.0 Å². The van der Waals surface area contributed by atoms with Crippen molar-refractivity contribution in [3.8, 4) is 0 Å². The molecular formula is C16H27NO4. The molecule has 1 N–H and O–H groups in total. The lowest BCUT2D eigenvalue weighted by Gasteiger charge is -2.47. The molecular weight excluding hydrogens is 270 g/mol. The molecule has 0 aromatic rings. The van der Waals surface area contributed by atoms with Crippen molar-refractivity contribution in [3.63, 3.8) is 0 Å². The van der Waals surface area contributed by atoms with Gasteiger partial charge in [0, 0.05) is 32.3 Å². The van der Waals surface area contributed by atoms with Gasteiger partial charge >= 0.3 is 0 Å². The fourth-order valence-electron chi connectivity index (χ4n) is 3.53. The van der Waals surface area contributed by atoms with Crippen LogP contribution in [0.4, 0.5) is 0 Å². The van der Waals surface area contributed by atoms with Crippen LogP contribution in [0.5, 0.6) is 0 Å². The average molecular weight is 297 g/mol. The molecule has 1 aliphatic carbocycles. The van der Waals surface area contributed by atoms with Gasteiger partial charge in [-0.25, -0.2) is 0 Å². The predicted octanol–water partition coefficient (Wildman–Crippen LogP) is 1.79. The Labute approximate surface area is 126 Å². The minimum absolute atomic E-state index is 0.0921. The lowest BCUT2D eigenvalue weighted by Crippen LogP contribution is -2.52. The molecule has 1 atom stereocenters. The maximum Gasteiger partial charge on any atom is 0.222 e. The molecule has 5 nitrogen and oxygen atoms in total. The van der Waals surface area contributed by atoms with E-state index in [2.05, 4.69) is 5.32 Å². The quantitative estimate of drug-likeness (QED) is 0.840. The number of nitrogens with one attached hydrogen (secondary N) is 1. The van der Waals surface area contributed by atoms with E-state index in [0.29, 0.717) is 13.0 Å². The van der Waals surface area contributed by atoms with Crippen molar-refractivity contribution in [3.05, 3.63) is 0 Å². The van der Waals surface area contributed by atoms with Crippen LogP contribution in [0, 0.1) is 0 Å². The molecule has 1 saturated carbocycles. The Morgan fingerprint density at radius 2 is 2.00 bits per heavy atom. The second-order valence-electron chi connectivity index (χ2n) is 6.57. The highest BCUT2D eigenvalue weighted by atomic mass is 16.5. The van der Waals surface area contributed by atoms with Crippen LogP contribution in [0.25, 0.3) is 0 Å². The second kappa shape index (κ2) is 7.07. The number of rotatable bonds is 5. The smallest absolute Gasteiger partial charge is 0.222 e. The van der Waals surface area contributed by atoms with Gasteiger partial charge in [0.15, 0.2) is 0 Å². The summed E-state index contributed by atoms with van der Waals surface area (Å²) in [6, 6.07) is 0.287. The SMILES string of the molecule is O=C(CCOC1CCOCC1)NC1CCOC2(CCC2)C1. The largest absolute Gasteiger partial charge is 0.381 e. The maximum absolute atomic E-state index is 12.0. The summed E-state index contributed by atoms with van der Waals surface area (Å²) in [5.41, 5.74) is 0.0921. The summed E-state index contributed by atoms with van der Waals surface area (Å²) < 4.78 is 16.9. The van der Waals surface area contributed by atoms with Gasteiger partial charge in [0.05, 0.1) is 18.3 Å². The average Bonchev–Trinajstić information content (AvgIpc) is 2.47. The number of hydrogen-bond donors (Lipinski definition) is 1. The number of ether oxygens (including phenoxy) is 3. The molecule has 0 radical (unpaired) electrons. The zero-order chi connectivity index (χ0) is 14.5. The molecule has 3 aliphatic rings. The molecule has 0 aromatic carbocycles. The fraction of sp³-hybridized carbons (Fsp3) is 0.938. The summed E-state index contributed by atoms with van der Waals surface area (Å²) in [6.45, 7) is 2.86. The minimum Gasteiger partial charge on any atom is -0.381 e. The monoisotopic (exact) mass is 297 g/mol. The van der Waals surface area contributed by atoms with Crippen molar-refractivity contribution in [2.45, 2.75) is 69.1 Å². The van der Waals surface area contributed by atoms with E-state index in [4.69, 9.17) is 14.2 Å². The van der Waals surface area contributed by atoms with Crippen LogP contribution in [0.15, 0.2) is 0 Å². The van der Waals surface area contributed by atoms with Crippen LogP contribution in [-0.2, 0) is 19.0 Å². The molecule has 1 spiro atoms. The molecule has 1 unspecified atom stereocenters. The molecule has 2 heterocycles. The van der Waals surface area contributed by atoms with E-state index in [1.54, 1.807) is 0 Å². The minimum atomic E-state index is 0.0921. The van der Waals surface area contributed by atoms with E-state index >= 15 is 0 Å². The highest BCUT2D eigenvalue weighted by Gasteiger charge is 2.42. The van der Waals surface area contributed by atoms with Gasteiger partial charge in [-0.3, -0.25) is 4.79 Å². The van der Waals surface area contributed by atoms with Crippen LogP contribution < -0.4 is 5.32 Å². The molecule has 3 rings (SSSR count). The molecule has 2 aliphatic heterocycles. The van der Waals surface area contributed by atoms with Crippen LogP contribution >= 0.6 is 0 Å². The zero-order valence-corrected chi connectivity index (χ0v) is 12.8. The molecule has 0 aromatic heterocycles. The zero-order valence-electron chi connectivity index (χ0n) is 12.8. The first-order valence-corrected chi connectivity index (χ1v) is 8.38. The highest BCUT2D eigenvalue weighted by molar-refractivity contribution is 5.76. The van der Waals surface area contributed by atoms with E-state index in [9.17, 15) is 4.79 Å². The van der Waals surface area contributed by atoms with Gasteiger partial charge in [0.2, 0.25) is 5.91 Å². The van der Waals surface area contributed by atoms with Gasteiger partial charge < -0.3 is 19.5 Å². The Balaban J connectivity index is 1.32. The van der Waals surface area contributed by atoms with E-state index < -0.39 is 0 Å². The van der Waals surface area contributed by atoms with Crippen molar-refractivity contribution >= 4 is 5.91 Å². The first kappa shape index (κ1) is 15.3. The predicted molar refractivity (Wildman–Crippen MR) is 78.1 cm³/mol. The van der Waals surface area contributed by atoms with Gasteiger partial charge in [-0.2, -0.15) is 0 Å². The summed E-state index contributed by atoms with van der Waals surface area (Å²) in [5.74, 6) is 0.114. The van der Waals surface area contributed by atoms with E-state index in [-0.39, 0.29) is 23.7 Å². The first-order chi connectivity index (χ1) is 10.3. The topological polar surface area (TPSA) is 56.8 Å². The Morgan fingerprint density at radius 3 is 2.71 bits per heavy atom. The van der Waals surface area contributed by atoms with Crippen molar-refractivity contribution in [2.75, 3.05) is 26.4 Å².